The van der Waals surface area contributed by atoms with Crippen LogP contribution in [-0.4, -0.2) is 59.9 Å². The van der Waals surface area contributed by atoms with Gasteiger partial charge in [-0.15, -0.1) is 0 Å². The summed E-state index contributed by atoms with van der Waals surface area (Å²) in [5.74, 6) is -0.941. The molecule has 0 atom stereocenters. The number of anilines is 3. The van der Waals surface area contributed by atoms with E-state index in [9.17, 15) is 26.4 Å². The first kappa shape index (κ1) is 30.8. The fourth-order valence-corrected chi connectivity index (χ4v) is 5.48. The summed E-state index contributed by atoms with van der Waals surface area (Å²) in [6, 6.07) is 19.0. The van der Waals surface area contributed by atoms with Gasteiger partial charge in [0.2, 0.25) is 26.0 Å². The molecule has 0 heterocycles. The van der Waals surface area contributed by atoms with E-state index in [-0.39, 0.29) is 21.9 Å². The second kappa shape index (κ2) is 11.8. The lowest BCUT2D eigenvalue weighted by Crippen LogP contribution is -2.37. The Morgan fingerprint density at radius 2 is 1.35 bits per heavy atom. The highest BCUT2D eigenvalue weighted by Gasteiger charge is 2.23. The van der Waals surface area contributed by atoms with Crippen LogP contribution in [0, 0.1) is 0 Å². The molecule has 0 radical (unpaired) electrons. The van der Waals surface area contributed by atoms with E-state index in [0.717, 1.165) is 20.4 Å². The molecule has 3 rings (SSSR count). The molecule has 0 saturated heterocycles. The standard InChI is InChI=1S/C28H34N4O6S2/c1-28(2,3)21-12-10-20(11-13-21)27(34)30-23-9-7-8-22(18-23)29-26(33)19-32(39(6,35)36)24-14-16-25(17-15-24)40(37,38)31(4)5/h7-18H,19H2,1-6H3,(H,29,33)(H,30,34). The molecule has 3 aromatic rings. The molecule has 2 amide bonds. The lowest BCUT2D eigenvalue weighted by atomic mass is 9.87. The molecule has 0 unspecified atom stereocenters. The fourth-order valence-electron chi connectivity index (χ4n) is 3.73. The number of nitrogens with zero attached hydrogens (tertiary/aromatic N) is 2. The van der Waals surface area contributed by atoms with Crippen molar-refractivity contribution in [2.24, 2.45) is 0 Å². The van der Waals surface area contributed by atoms with Crippen molar-refractivity contribution in [2.75, 3.05) is 41.8 Å². The first-order valence-electron chi connectivity index (χ1n) is 12.3. The maximum absolute atomic E-state index is 12.8. The number of rotatable bonds is 9. The molecule has 3 aromatic carbocycles. The van der Waals surface area contributed by atoms with Crippen LogP contribution in [-0.2, 0) is 30.3 Å². The molecule has 0 fully saturated rings. The molecular formula is C28H34N4O6S2. The van der Waals surface area contributed by atoms with Crippen molar-refractivity contribution in [1.82, 2.24) is 4.31 Å². The second-order valence-electron chi connectivity index (χ2n) is 10.5. The first-order chi connectivity index (χ1) is 18.5. The summed E-state index contributed by atoms with van der Waals surface area (Å²) in [6.07, 6.45) is 0.953. The number of carbonyl (C=O) groups is 2. The van der Waals surface area contributed by atoms with Gasteiger partial charge in [0.1, 0.15) is 6.54 Å². The Bertz CT molecular complexity index is 1590. The minimum Gasteiger partial charge on any atom is -0.324 e. The van der Waals surface area contributed by atoms with Gasteiger partial charge in [-0.25, -0.2) is 21.1 Å². The zero-order valence-electron chi connectivity index (χ0n) is 23.3. The monoisotopic (exact) mass is 586 g/mol. The molecule has 0 aliphatic carbocycles. The highest BCUT2D eigenvalue weighted by atomic mass is 32.2. The van der Waals surface area contributed by atoms with Gasteiger partial charge in [0.05, 0.1) is 16.8 Å². The summed E-state index contributed by atoms with van der Waals surface area (Å²) in [7, 11) is -4.80. The van der Waals surface area contributed by atoms with Crippen LogP contribution >= 0.6 is 0 Å². The van der Waals surface area contributed by atoms with E-state index in [4.69, 9.17) is 0 Å². The molecule has 40 heavy (non-hydrogen) atoms. The summed E-state index contributed by atoms with van der Waals surface area (Å²) >= 11 is 0. The molecule has 0 bridgehead atoms. The van der Waals surface area contributed by atoms with Crippen molar-refractivity contribution >= 4 is 48.9 Å². The maximum atomic E-state index is 12.8. The Kier molecular flexibility index (Phi) is 9.07. The predicted octanol–water partition coefficient (Wildman–Crippen LogP) is 3.89. The highest BCUT2D eigenvalue weighted by Crippen LogP contribution is 2.24. The average Bonchev–Trinajstić information content (AvgIpc) is 2.86. The Balaban J connectivity index is 1.72. The van der Waals surface area contributed by atoms with E-state index in [1.54, 1.807) is 36.4 Å². The number of hydrogen-bond donors (Lipinski definition) is 2. The van der Waals surface area contributed by atoms with Gasteiger partial charge < -0.3 is 10.6 Å². The van der Waals surface area contributed by atoms with E-state index in [1.165, 1.54) is 38.4 Å². The van der Waals surface area contributed by atoms with Gasteiger partial charge in [0, 0.05) is 31.0 Å². The molecule has 214 valence electrons. The highest BCUT2D eigenvalue weighted by molar-refractivity contribution is 7.92. The quantitative estimate of drug-likeness (QED) is 0.391. The predicted molar refractivity (Wildman–Crippen MR) is 158 cm³/mol. The number of amides is 2. The van der Waals surface area contributed by atoms with Crippen LogP contribution in [0.4, 0.5) is 17.1 Å². The van der Waals surface area contributed by atoms with Crippen molar-refractivity contribution in [3.8, 4) is 0 Å². The SMILES string of the molecule is CN(C)S(=O)(=O)c1ccc(N(CC(=O)Nc2cccc(NC(=O)c3ccc(C(C)(C)C)cc3)c2)S(C)(=O)=O)cc1. The molecule has 10 nitrogen and oxygen atoms in total. The van der Waals surface area contributed by atoms with Crippen LogP contribution in [0.5, 0.6) is 0 Å². The molecule has 0 aliphatic rings. The molecule has 0 aliphatic heterocycles. The molecule has 0 aromatic heterocycles. The summed E-state index contributed by atoms with van der Waals surface area (Å²) in [6.45, 7) is 5.72. The van der Waals surface area contributed by atoms with E-state index in [1.807, 2.05) is 12.1 Å². The molecule has 12 heteroatoms. The number of carbonyl (C=O) groups excluding carboxylic acids is 2. The van der Waals surface area contributed by atoms with Crippen LogP contribution in [0.1, 0.15) is 36.7 Å². The van der Waals surface area contributed by atoms with Gasteiger partial charge in [-0.3, -0.25) is 13.9 Å². The van der Waals surface area contributed by atoms with Gasteiger partial charge in [-0.05, 0) is 65.6 Å². The third-order valence-electron chi connectivity index (χ3n) is 6.01. The van der Waals surface area contributed by atoms with Crippen molar-refractivity contribution in [3.63, 3.8) is 0 Å². The lowest BCUT2D eigenvalue weighted by molar-refractivity contribution is -0.114. The Hall–Kier alpha value is -3.74. The molecule has 2 N–H and O–H groups in total. The van der Waals surface area contributed by atoms with Gasteiger partial charge >= 0.3 is 0 Å². The maximum Gasteiger partial charge on any atom is 0.255 e. The minimum atomic E-state index is -3.88. The van der Waals surface area contributed by atoms with Gasteiger partial charge in [-0.1, -0.05) is 39.0 Å². The van der Waals surface area contributed by atoms with E-state index in [0.29, 0.717) is 16.9 Å². The van der Waals surface area contributed by atoms with Crippen LogP contribution in [0.2, 0.25) is 0 Å². The largest absolute Gasteiger partial charge is 0.324 e. The Morgan fingerprint density at radius 3 is 1.85 bits per heavy atom. The van der Waals surface area contributed by atoms with Crippen molar-refractivity contribution < 1.29 is 26.4 Å². The second-order valence-corrected chi connectivity index (χ2v) is 14.5. The van der Waals surface area contributed by atoms with Crippen LogP contribution in [0.15, 0.2) is 77.7 Å². The van der Waals surface area contributed by atoms with E-state index in [2.05, 4.69) is 31.4 Å². The van der Waals surface area contributed by atoms with Crippen LogP contribution in [0.25, 0.3) is 0 Å². The molecule has 0 spiro atoms. The molecule has 0 saturated carbocycles. The van der Waals surface area contributed by atoms with Gasteiger partial charge in [0.25, 0.3) is 5.91 Å². The lowest BCUT2D eigenvalue weighted by Gasteiger charge is -2.22. The third kappa shape index (κ3) is 7.68. The topological polar surface area (TPSA) is 133 Å². The number of benzene rings is 3. The normalized spacial score (nSPS) is 12.2. The average molecular weight is 587 g/mol. The Labute approximate surface area is 236 Å². The third-order valence-corrected chi connectivity index (χ3v) is 8.98. The number of sulfonamides is 2. The molecular weight excluding hydrogens is 552 g/mol. The van der Waals surface area contributed by atoms with E-state index < -0.39 is 32.5 Å². The minimum absolute atomic E-state index is 0.0110. The van der Waals surface area contributed by atoms with Crippen LogP contribution in [0.3, 0.4) is 0 Å². The Morgan fingerprint density at radius 1 is 0.800 bits per heavy atom. The summed E-state index contributed by atoms with van der Waals surface area (Å²) in [5.41, 5.74) is 2.48. The number of nitrogens with one attached hydrogen (secondary N) is 2. The van der Waals surface area contributed by atoms with E-state index >= 15 is 0 Å². The smallest absolute Gasteiger partial charge is 0.255 e. The zero-order valence-corrected chi connectivity index (χ0v) is 24.9. The summed E-state index contributed by atoms with van der Waals surface area (Å²) in [5, 5.41) is 5.44. The van der Waals surface area contributed by atoms with Crippen molar-refractivity contribution in [2.45, 2.75) is 31.1 Å². The van der Waals surface area contributed by atoms with Gasteiger partial charge in [0.15, 0.2) is 0 Å². The summed E-state index contributed by atoms with van der Waals surface area (Å²) in [4.78, 5) is 25.5. The number of hydrogen-bond acceptors (Lipinski definition) is 6. The van der Waals surface area contributed by atoms with Crippen molar-refractivity contribution in [3.05, 3.63) is 83.9 Å². The fraction of sp³-hybridized carbons (Fsp3) is 0.286. The zero-order chi connectivity index (χ0) is 29.9. The van der Waals surface area contributed by atoms with Crippen LogP contribution < -0.4 is 14.9 Å². The summed E-state index contributed by atoms with van der Waals surface area (Å²) < 4.78 is 51.5. The van der Waals surface area contributed by atoms with Crippen molar-refractivity contribution in [1.29, 1.82) is 0 Å². The first-order valence-corrected chi connectivity index (χ1v) is 15.6. The van der Waals surface area contributed by atoms with Gasteiger partial charge in [-0.2, -0.15) is 0 Å².